The lowest BCUT2D eigenvalue weighted by Crippen LogP contribution is -2.32. The van der Waals surface area contributed by atoms with Gasteiger partial charge in [0, 0.05) is 28.9 Å². The van der Waals surface area contributed by atoms with E-state index in [4.69, 9.17) is 4.74 Å². The molecule has 2 amide bonds. The van der Waals surface area contributed by atoms with Gasteiger partial charge in [0.25, 0.3) is 5.91 Å². The van der Waals surface area contributed by atoms with E-state index in [0.717, 1.165) is 17.0 Å². The zero-order valence-electron chi connectivity index (χ0n) is 17.6. The molecule has 158 valence electrons. The summed E-state index contributed by atoms with van der Waals surface area (Å²) in [6.45, 7) is 8.59. The van der Waals surface area contributed by atoms with Gasteiger partial charge in [-0.25, -0.2) is 4.98 Å². The minimum absolute atomic E-state index is 0.109. The predicted molar refractivity (Wildman–Crippen MR) is 119 cm³/mol. The number of carbonyl (C=O) groups excluding carboxylic acids is 2. The van der Waals surface area contributed by atoms with E-state index in [9.17, 15) is 9.59 Å². The second-order valence-electron chi connectivity index (χ2n) is 7.70. The molecule has 3 rings (SSSR count). The van der Waals surface area contributed by atoms with Gasteiger partial charge in [0.05, 0.1) is 24.4 Å². The number of nitrogens with zero attached hydrogens (tertiary/aromatic N) is 2. The first kappa shape index (κ1) is 21.6. The standard InChI is InChI=1S/C22H26N4O3S/c1-5-29-17-8-6-15(7-9-17)18-14-30-21(24-18)25-19(27)12-23-20(28)16-10-11-26(13-16)22(2,3)4/h6-11,13-14H,5,12H2,1-4H3,(H,23,28)(H,24,25,27). The Morgan fingerprint density at radius 1 is 1.17 bits per heavy atom. The summed E-state index contributed by atoms with van der Waals surface area (Å²) in [5.41, 5.74) is 2.12. The van der Waals surface area contributed by atoms with Crippen molar-refractivity contribution in [1.29, 1.82) is 0 Å². The molecule has 3 aromatic rings. The maximum Gasteiger partial charge on any atom is 0.253 e. The lowest BCUT2D eigenvalue weighted by atomic mass is 10.1. The number of benzene rings is 1. The molecule has 2 heterocycles. The van der Waals surface area contributed by atoms with Crippen molar-refractivity contribution >= 4 is 28.3 Å². The van der Waals surface area contributed by atoms with Crippen molar-refractivity contribution in [3.63, 3.8) is 0 Å². The molecule has 8 heteroatoms. The van der Waals surface area contributed by atoms with Crippen LogP contribution >= 0.6 is 11.3 Å². The van der Waals surface area contributed by atoms with E-state index in [1.807, 2.05) is 47.3 Å². The summed E-state index contributed by atoms with van der Waals surface area (Å²) < 4.78 is 7.40. The maximum atomic E-state index is 12.3. The number of amides is 2. The van der Waals surface area contributed by atoms with Gasteiger partial charge in [0.2, 0.25) is 5.91 Å². The zero-order valence-corrected chi connectivity index (χ0v) is 18.4. The molecule has 0 aliphatic carbocycles. The molecule has 30 heavy (non-hydrogen) atoms. The van der Waals surface area contributed by atoms with Gasteiger partial charge in [-0.1, -0.05) is 0 Å². The first-order valence-electron chi connectivity index (χ1n) is 9.71. The van der Waals surface area contributed by atoms with Crippen LogP contribution in [0.3, 0.4) is 0 Å². The van der Waals surface area contributed by atoms with Crippen molar-refractivity contribution < 1.29 is 14.3 Å². The average molecular weight is 427 g/mol. The van der Waals surface area contributed by atoms with Gasteiger partial charge in [-0.3, -0.25) is 9.59 Å². The van der Waals surface area contributed by atoms with Gasteiger partial charge in [-0.05, 0) is 58.0 Å². The van der Waals surface area contributed by atoms with Crippen molar-refractivity contribution in [2.45, 2.75) is 33.2 Å². The fraction of sp³-hybridized carbons (Fsp3) is 0.318. The minimum Gasteiger partial charge on any atom is -0.494 e. The molecule has 0 saturated heterocycles. The highest BCUT2D eigenvalue weighted by atomic mass is 32.1. The summed E-state index contributed by atoms with van der Waals surface area (Å²) in [6, 6.07) is 9.37. The predicted octanol–water partition coefficient (Wildman–Crippen LogP) is 4.13. The van der Waals surface area contributed by atoms with Crippen LogP contribution in [0.5, 0.6) is 5.75 Å². The van der Waals surface area contributed by atoms with Gasteiger partial charge in [-0.2, -0.15) is 0 Å². The fourth-order valence-corrected chi connectivity index (χ4v) is 3.46. The van der Waals surface area contributed by atoms with E-state index in [1.54, 1.807) is 12.3 Å². The van der Waals surface area contributed by atoms with Crippen LogP contribution in [-0.4, -0.2) is 34.5 Å². The third-order valence-electron chi connectivity index (χ3n) is 4.35. The molecule has 0 unspecified atom stereocenters. The number of carbonyl (C=O) groups is 2. The Bertz CT molecular complexity index is 1020. The highest BCUT2D eigenvalue weighted by Crippen LogP contribution is 2.26. The van der Waals surface area contributed by atoms with Crippen LogP contribution in [0.1, 0.15) is 38.1 Å². The molecule has 0 aliphatic heterocycles. The molecule has 0 aliphatic rings. The fourth-order valence-electron chi connectivity index (χ4n) is 2.73. The molecule has 0 fully saturated rings. The molecule has 0 radical (unpaired) electrons. The number of ether oxygens (including phenoxy) is 1. The van der Waals surface area contributed by atoms with Gasteiger partial charge in [0.15, 0.2) is 5.13 Å². The van der Waals surface area contributed by atoms with Crippen LogP contribution in [0, 0.1) is 0 Å². The van der Waals surface area contributed by atoms with E-state index < -0.39 is 0 Å². The number of anilines is 1. The molecule has 7 nitrogen and oxygen atoms in total. The molecule has 0 saturated carbocycles. The lowest BCUT2D eigenvalue weighted by molar-refractivity contribution is -0.115. The topological polar surface area (TPSA) is 85.3 Å². The Balaban J connectivity index is 1.53. The molecule has 2 aromatic heterocycles. The number of thiazole rings is 1. The van der Waals surface area contributed by atoms with E-state index in [2.05, 4.69) is 36.4 Å². The highest BCUT2D eigenvalue weighted by Gasteiger charge is 2.16. The Morgan fingerprint density at radius 3 is 2.53 bits per heavy atom. The highest BCUT2D eigenvalue weighted by molar-refractivity contribution is 7.14. The number of nitrogens with one attached hydrogen (secondary N) is 2. The summed E-state index contributed by atoms with van der Waals surface area (Å²) in [5, 5.41) is 7.72. The van der Waals surface area contributed by atoms with Gasteiger partial charge >= 0.3 is 0 Å². The summed E-state index contributed by atoms with van der Waals surface area (Å²) in [5.74, 6) is 0.187. The molecule has 0 bridgehead atoms. The second kappa shape index (κ2) is 9.13. The Hall–Kier alpha value is -3.13. The Kier molecular flexibility index (Phi) is 6.56. The summed E-state index contributed by atoms with van der Waals surface area (Å²) in [7, 11) is 0. The Morgan fingerprint density at radius 2 is 1.90 bits per heavy atom. The molecular weight excluding hydrogens is 400 g/mol. The van der Waals surface area contributed by atoms with Crippen molar-refractivity contribution in [3.8, 4) is 17.0 Å². The van der Waals surface area contributed by atoms with Crippen LogP contribution in [0.15, 0.2) is 48.1 Å². The normalized spacial score (nSPS) is 11.2. The smallest absolute Gasteiger partial charge is 0.253 e. The van der Waals surface area contributed by atoms with E-state index in [0.29, 0.717) is 17.3 Å². The lowest BCUT2D eigenvalue weighted by Gasteiger charge is -2.20. The maximum absolute atomic E-state index is 12.3. The molecule has 2 N–H and O–H groups in total. The minimum atomic E-state index is -0.328. The van der Waals surface area contributed by atoms with E-state index >= 15 is 0 Å². The molecule has 0 spiro atoms. The van der Waals surface area contributed by atoms with Crippen LogP contribution in [0.2, 0.25) is 0 Å². The number of hydrogen-bond acceptors (Lipinski definition) is 5. The van der Waals surface area contributed by atoms with Gasteiger partial charge in [-0.15, -0.1) is 11.3 Å². The van der Waals surface area contributed by atoms with Crippen LogP contribution in [0.4, 0.5) is 5.13 Å². The largest absolute Gasteiger partial charge is 0.494 e. The monoisotopic (exact) mass is 426 g/mol. The zero-order chi connectivity index (χ0) is 21.7. The van der Waals surface area contributed by atoms with Crippen LogP contribution in [-0.2, 0) is 10.3 Å². The third-order valence-corrected chi connectivity index (χ3v) is 5.11. The van der Waals surface area contributed by atoms with Crippen molar-refractivity contribution in [2.75, 3.05) is 18.5 Å². The second-order valence-corrected chi connectivity index (χ2v) is 8.56. The van der Waals surface area contributed by atoms with Gasteiger partial charge in [0.1, 0.15) is 5.75 Å². The molecule has 1 aromatic carbocycles. The number of hydrogen-bond donors (Lipinski definition) is 2. The SMILES string of the molecule is CCOc1ccc(-c2csc(NC(=O)CNC(=O)c3ccn(C(C)(C)C)c3)n2)cc1. The third kappa shape index (κ3) is 5.48. The van der Waals surface area contributed by atoms with E-state index in [1.165, 1.54) is 11.3 Å². The van der Waals surface area contributed by atoms with Crippen LogP contribution < -0.4 is 15.4 Å². The summed E-state index contributed by atoms with van der Waals surface area (Å²) in [6.07, 6.45) is 3.63. The summed E-state index contributed by atoms with van der Waals surface area (Å²) >= 11 is 1.33. The Labute approximate surface area is 180 Å². The van der Waals surface area contributed by atoms with Crippen LogP contribution in [0.25, 0.3) is 11.3 Å². The van der Waals surface area contributed by atoms with Crippen molar-refractivity contribution in [2.24, 2.45) is 0 Å². The average Bonchev–Trinajstić information content (AvgIpc) is 3.37. The molecule has 0 atom stereocenters. The first-order valence-corrected chi connectivity index (χ1v) is 10.6. The quantitative estimate of drug-likeness (QED) is 0.595. The number of aromatic nitrogens is 2. The first-order chi connectivity index (χ1) is 14.3. The van der Waals surface area contributed by atoms with E-state index in [-0.39, 0.29) is 23.9 Å². The van der Waals surface area contributed by atoms with Gasteiger partial charge < -0.3 is 19.9 Å². The van der Waals surface area contributed by atoms with Crippen molar-refractivity contribution in [1.82, 2.24) is 14.9 Å². The number of rotatable bonds is 7. The summed E-state index contributed by atoms with van der Waals surface area (Å²) in [4.78, 5) is 28.9. The van der Waals surface area contributed by atoms with Crippen molar-refractivity contribution in [3.05, 3.63) is 53.7 Å². The molecular formula is C22H26N4O3S.